The van der Waals surface area contributed by atoms with Gasteiger partial charge in [-0.1, -0.05) is 30.3 Å². The smallest absolute Gasteiger partial charge is 0.0916 e. The molecule has 1 aliphatic rings. The fourth-order valence-electron chi connectivity index (χ4n) is 3.22. The quantitative estimate of drug-likeness (QED) is 0.907. The van der Waals surface area contributed by atoms with E-state index in [1.165, 1.54) is 5.56 Å². The highest BCUT2D eigenvalue weighted by atomic mass is 16.3. The van der Waals surface area contributed by atoms with Crippen LogP contribution in [-0.2, 0) is 12.1 Å². The number of aliphatic hydroxyl groups is 1. The van der Waals surface area contributed by atoms with E-state index in [1.807, 2.05) is 41.2 Å². The molecule has 1 atom stereocenters. The maximum atomic E-state index is 10.4. The average Bonchev–Trinajstić information content (AvgIpc) is 3.06. The predicted molar refractivity (Wildman–Crippen MR) is 100 cm³/mol. The Morgan fingerprint density at radius 3 is 2.28 bits per heavy atom. The van der Waals surface area contributed by atoms with Gasteiger partial charge < -0.3 is 5.11 Å². The van der Waals surface area contributed by atoms with E-state index in [0.717, 1.165) is 38.3 Å². The standard InChI is InChI=1S/C20H30N4O/c1-20(2,3)24-15-17(13-21-24)14-22-9-11-23(12-10-22)16-19(25)18-7-5-4-6-8-18/h4-8,13,15,19,25H,9-12,14,16H2,1-3H3/t19-/m0/s1. The molecular formula is C20H30N4O. The van der Waals surface area contributed by atoms with E-state index in [1.54, 1.807) is 0 Å². The molecule has 0 spiro atoms. The van der Waals surface area contributed by atoms with Crippen LogP contribution in [0.15, 0.2) is 42.7 Å². The van der Waals surface area contributed by atoms with Gasteiger partial charge in [0.2, 0.25) is 0 Å². The molecule has 0 amide bonds. The van der Waals surface area contributed by atoms with Gasteiger partial charge in [-0.3, -0.25) is 14.5 Å². The summed E-state index contributed by atoms with van der Waals surface area (Å²) in [6, 6.07) is 9.93. The summed E-state index contributed by atoms with van der Waals surface area (Å²) in [4.78, 5) is 4.82. The highest BCUT2D eigenvalue weighted by Crippen LogP contribution is 2.17. The monoisotopic (exact) mass is 342 g/mol. The summed E-state index contributed by atoms with van der Waals surface area (Å²) in [5.41, 5.74) is 2.30. The van der Waals surface area contributed by atoms with Crippen LogP contribution in [-0.4, -0.2) is 57.4 Å². The fraction of sp³-hybridized carbons (Fsp3) is 0.550. The minimum atomic E-state index is -0.405. The topological polar surface area (TPSA) is 44.5 Å². The summed E-state index contributed by atoms with van der Waals surface area (Å²) in [5, 5.41) is 14.9. The zero-order valence-electron chi connectivity index (χ0n) is 15.6. The predicted octanol–water partition coefficient (Wildman–Crippen LogP) is 2.49. The lowest BCUT2D eigenvalue weighted by molar-refractivity contribution is 0.0701. The second kappa shape index (κ2) is 7.68. The van der Waals surface area contributed by atoms with Crippen LogP contribution in [0.25, 0.3) is 0 Å². The molecule has 5 nitrogen and oxygen atoms in total. The minimum Gasteiger partial charge on any atom is -0.387 e. The lowest BCUT2D eigenvalue weighted by Crippen LogP contribution is -2.47. The molecular weight excluding hydrogens is 312 g/mol. The lowest BCUT2D eigenvalue weighted by atomic mass is 10.1. The number of hydrogen-bond donors (Lipinski definition) is 1. The van der Waals surface area contributed by atoms with Gasteiger partial charge >= 0.3 is 0 Å². The zero-order valence-corrected chi connectivity index (χ0v) is 15.6. The first-order chi connectivity index (χ1) is 11.9. The molecule has 0 aliphatic carbocycles. The van der Waals surface area contributed by atoms with Crippen LogP contribution in [0, 0.1) is 0 Å². The van der Waals surface area contributed by atoms with Crippen molar-refractivity contribution in [2.45, 2.75) is 39.0 Å². The van der Waals surface area contributed by atoms with Gasteiger partial charge in [-0.15, -0.1) is 0 Å². The van der Waals surface area contributed by atoms with Crippen LogP contribution in [0.3, 0.4) is 0 Å². The Bertz CT molecular complexity index is 654. The third-order valence-corrected chi connectivity index (χ3v) is 4.81. The van der Waals surface area contributed by atoms with Crippen molar-refractivity contribution in [2.24, 2.45) is 0 Å². The first kappa shape index (κ1) is 18.1. The summed E-state index contributed by atoms with van der Waals surface area (Å²) in [6.45, 7) is 12.2. The van der Waals surface area contributed by atoms with Crippen LogP contribution < -0.4 is 0 Å². The Hall–Kier alpha value is -1.69. The molecule has 1 aliphatic heterocycles. The number of hydrogen-bond acceptors (Lipinski definition) is 4. The van der Waals surface area contributed by atoms with E-state index in [-0.39, 0.29) is 5.54 Å². The van der Waals surface area contributed by atoms with Gasteiger partial charge in [0.25, 0.3) is 0 Å². The highest BCUT2D eigenvalue weighted by molar-refractivity contribution is 5.17. The van der Waals surface area contributed by atoms with E-state index in [2.05, 4.69) is 41.9 Å². The van der Waals surface area contributed by atoms with E-state index in [9.17, 15) is 5.11 Å². The van der Waals surface area contributed by atoms with E-state index in [4.69, 9.17) is 0 Å². The molecule has 136 valence electrons. The molecule has 3 rings (SSSR count). The molecule has 1 aromatic heterocycles. The number of β-amino-alcohol motifs (C(OH)–C–C–N with tert-alkyl or cyclic N) is 1. The number of aliphatic hydroxyl groups excluding tert-OH is 1. The van der Waals surface area contributed by atoms with Crippen molar-refractivity contribution >= 4 is 0 Å². The summed E-state index contributed by atoms with van der Waals surface area (Å²) in [7, 11) is 0. The molecule has 1 fully saturated rings. The number of nitrogens with zero attached hydrogens (tertiary/aromatic N) is 4. The maximum Gasteiger partial charge on any atom is 0.0916 e. The second-order valence-electron chi connectivity index (χ2n) is 7.97. The lowest BCUT2D eigenvalue weighted by Gasteiger charge is -2.35. The fourth-order valence-corrected chi connectivity index (χ4v) is 3.22. The third-order valence-electron chi connectivity index (χ3n) is 4.81. The van der Waals surface area contributed by atoms with Crippen molar-refractivity contribution in [1.82, 2.24) is 19.6 Å². The van der Waals surface area contributed by atoms with Crippen LogP contribution in [0.2, 0.25) is 0 Å². The Morgan fingerprint density at radius 1 is 1.04 bits per heavy atom. The normalized spacial score (nSPS) is 18.4. The van der Waals surface area contributed by atoms with Gasteiger partial charge in [0.1, 0.15) is 0 Å². The number of aromatic nitrogens is 2. The molecule has 0 radical (unpaired) electrons. The van der Waals surface area contributed by atoms with Gasteiger partial charge in [0.05, 0.1) is 17.8 Å². The van der Waals surface area contributed by atoms with Crippen LogP contribution >= 0.6 is 0 Å². The summed E-state index contributed by atoms with van der Waals surface area (Å²) in [5.74, 6) is 0. The number of benzene rings is 1. The molecule has 0 unspecified atom stereocenters. The van der Waals surface area contributed by atoms with Gasteiger partial charge in [0.15, 0.2) is 0 Å². The summed E-state index contributed by atoms with van der Waals surface area (Å²) in [6.07, 6.45) is 3.74. The van der Waals surface area contributed by atoms with E-state index in [0.29, 0.717) is 6.54 Å². The Balaban J connectivity index is 1.46. The van der Waals surface area contributed by atoms with Gasteiger partial charge in [-0.2, -0.15) is 5.10 Å². The molecule has 1 aromatic carbocycles. The zero-order chi connectivity index (χ0) is 17.9. The van der Waals surface area contributed by atoms with Crippen molar-refractivity contribution in [3.8, 4) is 0 Å². The molecule has 1 saturated heterocycles. The first-order valence-electron chi connectivity index (χ1n) is 9.13. The third kappa shape index (κ3) is 4.91. The Morgan fingerprint density at radius 2 is 1.68 bits per heavy atom. The van der Waals surface area contributed by atoms with Crippen LogP contribution in [0.5, 0.6) is 0 Å². The van der Waals surface area contributed by atoms with Crippen molar-refractivity contribution < 1.29 is 5.11 Å². The summed E-state index contributed by atoms with van der Waals surface area (Å²) >= 11 is 0. The number of piperazine rings is 1. The first-order valence-corrected chi connectivity index (χ1v) is 9.13. The van der Waals surface area contributed by atoms with Crippen molar-refractivity contribution in [1.29, 1.82) is 0 Å². The highest BCUT2D eigenvalue weighted by Gasteiger charge is 2.21. The maximum absolute atomic E-state index is 10.4. The Labute approximate surface area is 150 Å². The van der Waals surface area contributed by atoms with Crippen LogP contribution in [0.4, 0.5) is 0 Å². The van der Waals surface area contributed by atoms with Crippen molar-refractivity contribution in [3.05, 3.63) is 53.9 Å². The van der Waals surface area contributed by atoms with Gasteiger partial charge in [-0.05, 0) is 26.3 Å². The molecule has 2 heterocycles. The minimum absolute atomic E-state index is 0.0323. The van der Waals surface area contributed by atoms with Crippen LogP contribution in [0.1, 0.15) is 38.0 Å². The molecule has 2 aromatic rings. The van der Waals surface area contributed by atoms with Gasteiger partial charge in [-0.25, -0.2) is 0 Å². The van der Waals surface area contributed by atoms with E-state index < -0.39 is 6.10 Å². The number of rotatable bonds is 5. The average molecular weight is 342 g/mol. The second-order valence-corrected chi connectivity index (χ2v) is 7.97. The Kier molecular flexibility index (Phi) is 5.57. The van der Waals surface area contributed by atoms with Crippen molar-refractivity contribution in [3.63, 3.8) is 0 Å². The van der Waals surface area contributed by atoms with E-state index >= 15 is 0 Å². The van der Waals surface area contributed by atoms with Crippen molar-refractivity contribution in [2.75, 3.05) is 32.7 Å². The largest absolute Gasteiger partial charge is 0.387 e. The molecule has 1 N–H and O–H groups in total. The summed E-state index contributed by atoms with van der Waals surface area (Å²) < 4.78 is 2.04. The molecule has 5 heteroatoms. The molecule has 25 heavy (non-hydrogen) atoms. The molecule has 0 bridgehead atoms. The molecule has 0 saturated carbocycles. The van der Waals surface area contributed by atoms with Gasteiger partial charge in [0, 0.05) is 51.0 Å². The SMILES string of the molecule is CC(C)(C)n1cc(CN2CCN(C[C@H](O)c3ccccc3)CC2)cn1.